The summed E-state index contributed by atoms with van der Waals surface area (Å²) in [5.41, 5.74) is 2.29. The first-order valence-corrected chi connectivity index (χ1v) is 6.18. The third-order valence-electron chi connectivity index (χ3n) is 3.03. The molecule has 0 saturated carbocycles. The quantitative estimate of drug-likeness (QED) is 0.883. The third-order valence-corrected chi connectivity index (χ3v) is 3.03. The van der Waals surface area contributed by atoms with E-state index in [2.05, 4.69) is 5.32 Å². The van der Waals surface area contributed by atoms with Crippen molar-refractivity contribution in [2.24, 2.45) is 0 Å². The molecular formula is C15H15NO3. The maximum Gasteiger partial charge on any atom is 0.231 e. The maximum atomic E-state index is 9.20. The van der Waals surface area contributed by atoms with Crippen LogP contribution in [0.25, 0.3) is 0 Å². The zero-order valence-corrected chi connectivity index (χ0v) is 10.4. The number of fused-ring (bicyclic) bond motifs is 1. The van der Waals surface area contributed by atoms with Crippen molar-refractivity contribution in [2.75, 3.05) is 6.79 Å². The van der Waals surface area contributed by atoms with Crippen LogP contribution < -0.4 is 14.8 Å². The summed E-state index contributed by atoms with van der Waals surface area (Å²) in [7, 11) is 0. The van der Waals surface area contributed by atoms with E-state index in [-0.39, 0.29) is 0 Å². The Morgan fingerprint density at radius 1 is 0.895 bits per heavy atom. The molecule has 0 atom stereocenters. The first kappa shape index (κ1) is 11.9. The largest absolute Gasteiger partial charge is 0.508 e. The van der Waals surface area contributed by atoms with E-state index in [0.717, 1.165) is 35.7 Å². The van der Waals surface area contributed by atoms with Crippen LogP contribution in [0.5, 0.6) is 17.2 Å². The Morgan fingerprint density at radius 3 is 2.42 bits per heavy atom. The minimum atomic E-state index is 0.291. The van der Waals surface area contributed by atoms with Crippen LogP contribution in [0.15, 0.2) is 42.5 Å². The summed E-state index contributed by atoms with van der Waals surface area (Å²) < 4.78 is 10.6. The molecule has 0 saturated heterocycles. The van der Waals surface area contributed by atoms with Gasteiger partial charge < -0.3 is 19.9 Å². The van der Waals surface area contributed by atoms with Crippen LogP contribution in [0.4, 0.5) is 0 Å². The van der Waals surface area contributed by atoms with Gasteiger partial charge in [0.05, 0.1) is 0 Å². The normalized spacial score (nSPS) is 12.6. The standard InChI is InChI=1S/C15H15NO3/c17-13-4-1-11(2-5-13)8-16-9-12-3-6-14-15(7-12)19-10-18-14/h1-7,16-17H,8-10H2. The molecule has 98 valence electrons. The van der Waals surface area contributed by atoms with Crippen LogP contribution >= 0.6 is 0 Å². The molecule has 1 aliphatic rings. The van der Waals surface area contributed by atoms with Gasteiger partial charge in [0.25, 0.3) is 0 Å². The molecule has 0 bridgehead atoms. The fourth-order valence-electron chi connectivity index (χ4n) is 2.02. The van der Waals surface area contributed by atoms with Crippen molar-refractivity contribution in [1.29, 1.82) is 0 Å². The SMILES string of the molecule is Oc1ccc(CNCc2ccc3c(c2)OCO3)cc1. The average molecular weight is 257 g/mol. The minimum absolute atomic E-state index is 0.291. The van der Waals surface area contributed by atoms with E-state index >= 15 is 0 Å². The molecule has 0 fully saturated rings. The topological polar surface area (TPSA) is 50.7 Å². The molecule has 3 rings (SSSR count). The van der Waals surface area contributed by atoms with E-state index in [1.54, 1.807) is 12.1 Å². The fraction of sp³-hybridized carbons (Fsp3) is 0.200. The second-order valence-electron chi connectivity index (χ2n) is 4.46. The van der Waals surface area contributed by atoms with Crippen LogP contribution in [0.1, 0.15) is 11.1 Å². The number of phenols is 1. The second kappa shape index (κ2) is 5.20. The molecule has 19 heavy (non-hydrogen) atoms. The molecule has 4 nitrogen and oxygen atoms in total. The molecule has 0 spiro atoms. The van der Waals surface area contributed by atoms with Gasteiger partial charge >= 0.3 is 0 Å². The predicted octanol–water partition coefficient (Wildman–Crippen LogP) is 2.41. The number of hydrogen-bond acceptors (Lipinski definition) is 4. The lowest BCUT2D eigenvalue weighted by Gasteiger charge is -2.06. The van der Waals surface area contributed by atoms with E-state index in [1.165, 1.54) is 0 Å². The van der Waals surface area contributed by atoms with Crippen LogP contribution in [0, 0.1) is 0 Å². The van der Waals surface area contributed by atoms with Crippen LogP contribution in [0.3, 0.4) is 0 Å². The molecule has 1 heterocycles. The molecule has 0 aliphatic carbocycles. The Bertz CT molecular complexity index is 566. The minimum Gasteiger partial charge on any atom is -0.508 e. The Balaban J connectivity index is 1.56. The molecule has 0 unspecified atom stereocenters. The van der Waals surface area contributed by atoms with Gasteiger partial charge in [-0.1, -0.05) is 18.2 Å². The van der Waals surface area contributed by atoms with Crippen molar-refractivity contribution < 1.29 is 14.6 Å². The third kappa shape index (κ3) is 2.80. The lowest BCUT2D eigenvalue weighted by molar-refractivity contribution is 0.174. The van der Waals surface area contributed by atoms with E-state index in [4.69, 9.17) is 9.47 Å². The number of ether oxygens (including phenoxy) is 2. The van der Waals surface area contributed by atoms with Crippen molar-refractivity contribution in [3.8, 4) is 17.2 Å². The Morgan fingerprint density at radius 2 is 1.58 bits per heavy atom. The summed E-state index contributed by atoms with van der Waals surface area (Å²) in [6.45, 7) is 1.83. The Hall–Kier alpha value is -2.20. The first-order valence-electron chi connectivity index (χ1n) is 6.18. The molecule has 4 heteroatoms. The predicted molar refractivity (Wildman–Crippen MR) is 71.2 cm³/mol. The monoisotopic (exact) mass is 257 g/mol. The Kier molecular flexibility index (Phi) is 3.25. The highest BCUT2D eigenvalue weighted by molar-refractivity contribution is 5.44. The van der Waals surface area contributed by atoms with E-state index in [1.807, 2.05) is 30.3 Å². The van der Waals surface area contributed by atoms with Gasteiger partial charge in [-0.05, 0) is 35.4 Å². The molecule has 2 aromatic carbocycles. The summed E-state index contributed by atoms with van der Waals surface area (Å²) in [6.07, 6.45) is 0. The molecule has 0 amide bonds. The van der Waals surface area contributed by atoms with Gasteiger partial charge in [0.1, 0.15) is 5.75 Å². The molecule has 2 N–H and O–H groups in total. The Labute approximate surface area is 111 Å². The number of hydrogen-bond donors (Lipinski definition) is 2. The summed E-state index contributed by atoms with van der Waals surface area (Å²) in [5, 5.41) is 12.6. The zero-order chi connectivity index (χ0) is 13.1. The second-order valence-corrected chi connectivity index (χ2v) is 4.46. The van der Waals surface area contributed by atoms with Crippen molar-refractivity contribution in [3.63, 3.8) is 0 Å². The molecule has 2 aromatic rings. The fourth-order valence-corrected chi connectivity index (χ4v) is 2.02. The lowest BCUT2D eigenvalue weighted by atomic mass is 10.2. The van der Waals surface area contributed by atoms with E-state index in [9.17, 15) is 5.11 Å². The van der Waals surface area contributed by atoms with Crippen LogP contribution in [-0.4, -0.2) is 11.9 Å². The summed E-state index contributed by atoms with van der Waals surface area (Å²) >= 11 is 0. The van der Waals surface area contributed by atoms with Gasteiger partial charge in [-0.3, -0.25) is 0 Å². The van der Waals surface area contributed by atoms with E-state index in [0.29, 0.717) is 12.5 Å². The maximum absolute atomic E-state index is 9.20. The summed E-state index contributed by atoms with van der Waals surface area (Å²) in [4.78, 5) is 0. The van der Waals surface area contributed by atoms with Gasteiger partial charge in [0.15, 0.2) is 11.5 Å². The number of benzene rings is 2. The molecule has 0 radical (unpaired) electrons. The summed E-state index contributed by atoms with van der Waals surface area (Å²) in [6, 6.07) is 13.1. The van der Waals surface area contributed by atoms with Gasteiger partial charge in [0, 0.05) is 13.1 Å². The first-order chi connectivity index (χ1) is 9.31. The zero-order valence-electron chi connectivity index (χ0n) is 10.4. The van der Waals surface area contributed by atoms with Gasteiger partial charge in [-0.2, -0.15) is 0 Å². The van der Waals surface area contributed by atoms with Crippen molar-refractivity contribution >= 4 is 0 Å². The molecular weight excluding hydrogens is 242 g/mol. The number of aromatic hydroxyl groups is 1. The van der Waals surface area contributed by atoms with Gasteiger partial charge in [-0.25, -0.2) is 0 Å². The van der Waals surface area contributed by atoms with Crippen molar-refractivity contribution in [3.05, 3.63) is 53.6 Å². The van der Waals surface area contributed by atoms with Crippen molar-refractivity contribution in [2.45, 2.75) is 13.1 Å². The number of rotatable bonds is 4. The van der Waals surface area contributed by atoms with Gasteiger partial charge in [-0.15, -0.1) is 0 Å². The van der Waals surface area contributed by atoms with Crippen molar-refractivity contribution in [1.82, 2.24) is 5.32 Å². The smallest absolute Gasteiger partial charge is 0.231 e. The highest BCUT2D eigenvalue weighted by Crippen LogP contribution is 2.32. The van der Waals surface area contributed by atoms with Crippen LogP contribution in [-0.2, 0) is 13.1 Å². The summed E-state index contributed by atoms with van der Waals surface area (Å²) in [5.74, 6) is 1.91. The number of phenolic OH excluding ortho intramolecular Hbond substituents is 1. The highest BCUT2D eigenvalue weighted by Gasteiger charge is 2.12. The average Bonchev–Trinajstić information content (AvgIpc) is 2.88. The molecule has 1 aliphatic heterocycles. The number of nitrogens with one attached hydrogen (secondary N) is 1. The van der Waals surface area contributed by atoms with E-state index < -0.39 is 0 Å². The van der Waals surface area contributed by atoms with Crippen LogP contribution in [0.2, 0.25) is 0 Å². The lowest BCUT2D eigenvalue weighted by Crippen LogP contribution is -2.12. The molecule has 0 aromatic heterocycles. The van der Waals surface area contributed by atoms with Gasteiger partial charge in [0.2, 0.25) is 6.79 Å². The highest BCUT2D eigenvalue weighted by atomic mass is 16.7.